The fourth-order valence-corrected chi connectivity index (χ4v) is 2.00. The largest absolute Gasteiger partial charge is 0.406 e. The van der Waals surface area contributed by atoms with Crippen molar-refractivity contribution in [3.63, 3.8) is 0 Å². The fraction of sp³-hybridized carbons (Fsp3) is 0.917. The molecule has 1 fully saturated rings. The Hall–Kier alpha value is -0.820. The van der Waals surface area contributed by atoms with Gasteiger partial charge in [0.2, 0.25) is 5.91 Å². The van der Waals surface area contributed by atoms with Gasteiger partial charge in [-0.05, 0) is 5.92 Å². The standard InChI is InChI=1S/C12H21F3N2O2/c1-9(2)6-17(8-12(13,14)15)11(18)5-10-7-19-4-3-16-10/h9-10,16H,3-8H2,1-2H3. The van der Waals surface area contributed by atoms with Crippen LogP contribution in [0.2, 0.25) is 0 Å². The number of hydrogen-bond acceptors (Lipinski definition) is 3. The lowest BCUT2D eigenvalue weighted by atomic mass is 10.1. The topological polar surface area (TPSA) is 41.6 Å². The second kappa shape index (κ2) is 7.09. The molecule has 0 aromatic carbocycles. The molecule has 1 aliphatic rings. The maximum absolute atomic E-state index is 12.5. The van der Waals surface area contributed by atoms with E-state index in [1.807, 2.05) is 0 Å². The van der Waals surface area contributed by atoms with Crippen LogP contribution in [0.25, 0.3) is 0 Å². The molecule has 7 heteroatoms. The van der Waals surface area contributed by atoms with Gasteiger partial charge in [0.25, 0.3) is 0 Å². The highest BCUT2D eigenvalue weighted by atomic mass is 19.4. The van der Waals surface area contributed by atoms with Gasteiger partial charge in [0.05, 0.1) is 13.2 Å². The summed E-state index contributed by atoms with van der Waals surface area (Å²) in [5, 5.41) is 3.07. The van der Waals surface area contributed by atoms with E-state index < -0.39 is 18.6 Å². The van der Waals surface area contributed by atoms with Gasteiger partial charge in [0, 0.05) is 25.6 Å². The summed E-state index contributed by atoms with van der Waals surface area (Å²) in [4.78, 5) is 12.8. The first kappa shape index (κ1) is 16.2. The Balaban J connectivity index is 2.54. The maximum atomic E-state index is 12.5. The molecule has 1 rings (SSSR count). The molecule has 0 radical (unpaired) electrons. The molecular formula is C12H21F3N2O2. The summed E-state index contributed by atoms with van der Waals surface area (Å²) in [5.41, 5.74) is 0. The first-order chi connectivity index (χ1) is 8.78. The molecule has 1 N–H and O–H groups in total. The van der Waals surface area contributed by atoms with Crippen LogP contribution in [0.4, 0.5) is 13.2 Å². The van der Waals surface area contributed by atoms with E-state index in [9.17, 15) is 18.0 Å². The van der Waals surface area contributed by atoms with Crippen LogP contribution in [0.3, 0.4) is 0 Å². The van der Waals surface area contributed by atoms with Crippen molar-refractivity contribution in [1.82, 2.24) is 10.2 Å². The van der Waals surface area contributed by atoms with Crippen LogP contribution < -0.4 is 5.32 Å². The number of nitrogens with zero attached hydrogens (tertiary/aromatic N) is 1. The minimum Gasteiger partial charge on any atom is -0.378 e. The summed E-state index contributed by atoms with van der Waals surface area (Å²) < 4.78 is 42.6. The van der Waals surface area contributed by atoms with Crippen molar-refractivity contribution in [1.29, 1.82) is 0 Å². The van der Waals surface area contributed by atoms with Crippen molar-refractivity contribution in [2.45, 2.75) is 32.5 Å². The van der Waals surface area contributed by atoms with E-state index in [0.29, 0.717) is 19.8 Å². The predicted octanol–water partition coefficient (Wildman–Crippen LogP) is 1.41. The molecule has 0 spiro atoms. The predicted molar refractivity (Wildman–Crippen MR) is 64.7 cm³/mol. The molecular weight excluding hydrogens is 261 g/mol. The summed E-state index contributed by atoms with van der Waals surface area (Å²) in [6, 6.07) is -0.191. The van der Waals surface area contributed by atoms with Gasteiger partial charge in [-0.15, -0.1) is 0 Å². The van der Waals surface area contributed by atoms with E-state index in [2.05, 4.69) is 5.32 Å². The molecule has 4 nitrogen and oxygen atoms in total. The highest BCUT2D eigenvalue weighted by Crippen LogP contribution is 2.18. The third-order valence-electron chi connectivity index (χ3n) is 2.73. The van der Waals surface area contributed by atoms with Crippen molar-refractivity contribution in [2.75, 3.05) is 32.8 Å². The van der Waals surface area contributed by atoms with E-state index >= 15 is 0 Å². The molecule has 1 atom stereocenters. The number of carbonyl (C=O) groups excluding carboxylic acids is 1. The lowest BCUT2D eigenvalue weighted by Crippen LogP contribution is -2.47. The van der Waals surface area contributed by atoms with Gasteiger partial charge >= 0.3 is 6.18 Å². The monoisotopic (exact) mass is 282 g/mol. The van der Waals surface area contributed by atoms with Crippen LogP contribution in [0.15, 0.2) is 0 Å². The first-order valence-electron chi connectivity index (χ1n) is 6.43. The lowest BCUT2D eigenvalue weighted by molar-refractivity contribution is -0.162. The van der Waals surface area contributed by atoms with E-state index in [0.717, 1.165) is 4.90 Å². The van der Waals surface area contributed by atoms with Gasteiger partial charge in [-0.3, -0.25) is 4.79 Å². The highest BCUT2D eigenvalue weighted by Gasteiger charge is 2.33. The van der Waals surface area contributed by atoms with Crippen molar-refractivity contribution < 1.29 is 22.7 Å². The lowest BCUT2D eigenvalue weighted by Gasteiger charge is -2.29. The average molecular weight is 282 g/mol. The average Bonchev–Trinajstić information content (AvgIpc) is 2.27. The van der Waals surface area contributed by atoms with Gasteiger partial charge in [-0.25, -0.2) is 0 Å². The van der Waals surface area contributed by atoms with Crippen LogP contribution in [0, 0.1) is 5.92 Å². The molecule has 0 saturated carbocycles. The number of morpholine rings is 1. The Bertz CT molecular complexity index is 289. The fourth-order valence-electron chi connectivity index (χ4n) is 2.00. The van der Waals surface area contributed by atoms with Crippen molar-refractivity contribution in [2.24, 2.45) is 5.92 Å². The minimum absolute atomic E-state index is 0.00173. The summed E-state index contributed by atoms with van der Waals surface area (Å²) in [6.07, 6.45) is -4.32. The minimum atomic E-state index is -4.36. The second-order valence-corrected chi connectivity index (χ2v) is 5.21. The van der Waals surface area contributed by atoms with Crippen LogP contribution in [-0.2, 0) is 9.53 Å². The number of carbonyl (C=O) groups is 1. The van der Waals surface area contributed by atoms with E-state index in [1.165, 1.54) is 0 Å². The normalized spacial score (nSPS) is 20.6. The van der Waals surface area contributed by atoms with Crippen molar-refractivity contribution in [3.8, 4) is 0 Å². The van der Waals surface area contributed by atoms with Gasteiger partial charge in [0.15, 0.2) is 0 Å². The van der Waals surface area contributed by atoms with Gasteiger partial charge in [0.1, 0.15) is 6.54 Å². The Kier molecular flexibility index (Phi) is 6.06. The number of halogens is 3. The van der Waals surface area contributed by atoms with E-state index in [1.54, 1.807) is 13.8 Å². The zero-order valence-electron chi connectivity index (χ0n) is 11.3. The molecule has 0 aromatic rings. The number of nitrogens with one attached hydrogen (secondary N) is 1. The molecule has 1 saturated heterocycles. The SMILES string of the molecule is CC(C)CN(CC(F)(F)F)C(=O)CC1COCCN1. The Morgan fingerprint density at radius 3 is 2.63 bits per heavy atom. The van der Waals surface area contributed by atoms with Gasteiger partial charge in [-0.1, -0.05) is 13.8 Å². The van der Waals surface area contributed by atoms with Crippen LogP contribution in [0.1, 0.15) is 20.3 Å². The number of hydrogen-bond donors (Lipinski definition) is 1. The van der Waals surface area contributed by atoms with Crippen LogP contribution >= 0.6 is 0 Å². The van der Waals surface area contributed by atoms with Crippen LogP contribution in [-0.4, -0.2) is 55.9 Å². The second-order valence-electron chi connectivity index (χ2n) is 5.21. The molecule has 1 aliphatic heterocycles. The molecule has 1 amide bonds. The van der Waals surface area contributed by atoms with Gasteiger partial charge < -0.3 is 15.0 Å². The molecule has 0 bridgehead atoms. The summed E-state index contributed by atoms with van der Waals surface area (Å²) >= 11 is 0. The smallest absolute Gasteiger partial charge is 0.378 e. The quantitative estimate of drug-likeness (QED) is 0.829. The molecule has 0 aliphatic carbocycles. The maximum Gasteiger partial charge on any atom is 0.406 e. The van der Waals surface area contributed by atoms with Crippen LogP contribution in [0.5, 0.6) is 0 Å². The number of ether oxygens (including phenoxy) is 1. The van der Waals surface area contributed by atoms with E-state index in [4.69, 9.17) is 4.74 Å². The van der Waals surface area contributed by atoms with E-state index in [-0.39, 0.29) is 24.9 Å². The highest BCUT2D eigenvalue weighted by molar-refractivity contribution is 5.77. The number of alkyl halides is 3. The summed E-state index contributed by atoms with van der Waals surface area (Å²) in [6.45, 7) is 4.08. The number of rotatable bonds is 5. The van der Waals surface area contributed by atoms with Crippen molar-refractivity contribution >= 4 is 5.91 Å². The van der Waals surface area contributed by atoms with Gasteiger partial charge in [-0.2, -0.15) is 13.2 Å². The van der Waals surface area contributed by atoms with Crippen molar-refractivity contribution in [3.05, 3.63) is 0 Å². The Morgan fingerprint density at radius 2 is 2.16 bits per heavy atom. The number of amides is 1. The third-order valence-corrected chi connectivity index (χ3v) is 2.73. The summed E-state index contributed by atoms with van der Waals surface area (Å²) in [5.74, 6) is -0.476. The molecule has 0 aromatic heterocycles. The Labute approximate surface area is 111 Å². The summed E-state index contributed by atoms with van der Waals surface area (Å²) in [7, 11) is 0. The molecule has 1 heterocycles. The molecule has 1 unspecified atom stereocenters. The first-order valence-corrected chi connectivity index (χ1v) is 6.43. The third kappa shape index (κ3) is 6.77. The zero-order chi connectivity index (χ0) is 14.5. The zero-order valence-corrected chi connectivity index (χ0v) is 11.3. The molecule has 19 heavy (non-hydrogen) atoms. The Morgan fingerprint density at radius 1 is 1.47 bits per heavy atom. The molecule has 112 valence electrons.